The second kappa shape index (κ2) is 6.49. The number of ketones is 1. The molecule has 170 valence electrons. The van der Waals surface area contributed by atoms with Crippen molar-refractivity contribution < 1.29 is 19.7 Å². The van der Waals surface area contributed by atoms with E-state index in [2.05, 4.69) is 4.90 Å². The summed E-state index contributed by atoms with van der Waals surface area (Å²) >= 11 is 0. The molecule has 2 bridgehead atoms. The minimum absolute atomic E-state index is 0.0573. The van der Waals surface area contributed by atoms with E-state index in [1.807, 2.05) is 43.3 Å². The number of rotatable bonds is 3. The van der Waals surface area contributed by atoms with Crippen molar-refractivity contribution in [2.45, 2.75) is 62.2 Å². The highest BCUT2D eigenvalue weighted by molar-refractivity contribution is 6.06. The lowest BCUT2D eigenvalue weighted by atomic mass is 9.48. The van der Waals surface area contributed by atoms with Gasteiger partial charge in [-0.05, 0) is 68.3 Å². The van der Waals surface area contributed by atoms with Gasteiger partial charge in [0.05, 0.1) is 11.0 Å². The third-order valence-corrected chi connectivity index (χ3v) is 8.95. The van der Waals surface area contributed by atoms with Gasteiger partial charge in [-0.25, -0.2) is 0 Å². The molecule has 0 unspecified atom stereocenters. The van der Waals surface area contributed by atoms with E-state index < -0.39 is 17.1 Å². The summed E-state index contributed by atoms with van der Waals surface area (Å²) in [5.74, 6) is 1.14. The van der Waals surface area contributed by atoms with Gasteiger partial charge in [-0.2, -0.15) is 0 Å². The number of aromatic hydroxyl groups is 1. The number of benzene rings is 2. The molecule has 3 aliphatic carbocycles. The third-order valence-electron chi connectivity index (χ3n) is 8.95. The number of likely N-dealkylation sites (tertiary alicyclic amines) is 1. The molecule has 7 rings (SSSR count). The van der Waals surface area contributed by atoms with Crippen LogP contribution in [0, 0.1) is 12.8 Å². The van der Waals surface area contributed by atoms with Crippen molar-refractivity contribution in [3.63, 3.8) is 0 Å². The van der Waals surface area contributed by atoms with Gasteiger partial charge in [0.2, 0.25) is 0 Å². The highest BCUT2D eigenvalue weighted by Gasteiger charge is 2.74. The first-order valence-corrected chi connectivity index (χ1v) is 12.2. The van der Waals surface area contributed by atoms with E-state index in [-0.39, 0.29) is 17.6 Å². The Hall–Kier alpha value is -2.63. The number of carbonyl (C=O) groups excluding carboxylic acids is 1. The number of hydrogen-bond donors (Lipinski definition) is 2. The Bertz CT molecular complexity index is 1210. The van der Waals surface area contributed by atoms with Crippen molar-refractivity contribution >= 4 is 11.9 Å². The molecule has 2 N–H and O–H groups in total. The fraction of sp³-hybridized carbons (Fsp3) is 0.464. The lowest BCUT2D eigenvalue weighted by Crippen LogP contribution is -2.77. The van der Waals surface area contributed by atoms with Gasteiger partial charge in [0, 0.05) is 30.1 Å². The lowest BCUT2D eigenvalue weighted by molar-refractivity contribution is -0.179. The number of hydrogen-bond acceptors (Lipinski definition) is 5. The van der Waals surface area contributed by atoms with Crippen molar-refractivity contribution in [3.8, 4) is 11.5 Å². The largest absolute Gasteiger partial charge is 0.504 e. The van der Waals surface area contributed by atoms with Crippen molar-refractivity contribution in [2.75, 3.05) is 13.1 Å². The van der Waals surface area contributed by atoms with Crippen LogP contribution in [0.3, 0.4) is 0 Å². The standard InChI is InChI=1S/C28H29NO4/c1-16-2-4-17(5-3-16)12-20-14-28(32)22-13-19-8-9-21(30)25-23(19)27(28,26(33-25)24(20)31)10-11-29(22)15-18-6-7-18/h2-5,8-9,12,18,22,26,30,32H,6-7,10-11,13-15H2,1H3/b20-12+/t22-,26-,27-,28+/m0/s1. The number of piperidine rings is 1. The average Bonchev–Trinajstić information content (AvgIpc) is 3.53. The molecule has 1 spiro atoms. The molecular weight excluding hydrogens is 414 g/mol. The van der Waals surface area contributed by atoms with Crippen LogP contribution >= 0.6 is 0 Å². The second-order valence-electron chi connectivity index (χ2n) is 10.9. The van der Waals surface area contributed by atoms with E-state index in [0.717, 1.165) is 42.1 Å². The molecule has 2 aromatic carbocycles. The summed E-state index contributed by atoms with van der Waals surface area (Å²) in [6.45, 7) is 3.91. The first-order chi connectivity index (χ1) is 15.9. The minimum atomic E-state index is -1.11. The molecule has 33 heavy (non-hydrogen) atoms. The molecule has 1 saturated heterocycles. The van der Waals surface area contributed by atoms with Crippen LogP contribution in [0.5, 0.6) is 11.5 Å². The SMILES string of the molecule is Cc1ccc(/C=C2\C[C@@]3(O)[C@@H]4Cc5ccc(O)c6c5[C@@]3(CCN4CC3CC3)[C@@H](O6)C2=O)cc1. The van der Waals surface area contributed by atoms with Gasteiger partial charge in [-0.3, -0.25) is 9.69 Å². The van der Waals surface area contributed by atoms with Crippen LogP contribution in [0.4, 0.5) is 0 Å². The highest BCUT2D eigenvalue weighted by Crippen LogP contribution is 2.65. The monoisotopic (exact) mass is 443 g/mol. The maximum Gasteiger partial charge on any atom is 0.200 e. The molecule has 2 aromatic rings. The number of aryl methyl sites for hydroxylation is 1. The molecule has 0 amide bonds. The number of phenols is 1. The zero-order valence-electron chi connectivity index (χ0n) is 18.9. The van der Waals surface area contributed by atoms with Gasteiger partial charge in [0.1, 0.15) is 0 Å². The molecule has 4 atom stereocenters. The van der Waals surface area contributed by atoms with Crippen LogP contribution in [-0.2, 0) is 16.6 Å². The number of ether oxygens (including phenoxy) is 1. The Morgan fingerprint density at radius 2 is 1.97 bits per heavy atom. The first-order valence-electron chi connectivity index (χ1n) is 12.2. The number of nitrogens with zero attached hydrogens (tertiary/aromatic N) is 1. The molecule has 5 nitrogen and oxygen atoms in total. The fourth-order valence-electron chi connectivity index (χ4n) is 7.17. The van der Waals surface area contributed by atoms with Crippen LogP contribution in [0.2, 0.25) is 0 Å². The summed E-state index contributed by atoms with van der Waals surface area (Å²) in [6, 6.07) is 11.7. The van der Waals surface area contributed by atoms with Crippen LogP contribution < -0.4 is 4.74 Å². The van der Waals surface area contributed by atoms with E-state index >= 15 is 0 Å². The predicted octanol–water partition coefficient (Wildman–Crippen LogP) is 3.53. The molecular formula is C28H29NO4. The zero-order chi connectivity index (χ0) is 22.5. The van der Waals surface area contributed by atoms with Crippen molar-refractivity contribution in [1.29, 1.82) is 0 Å². The quantitative estimate of drug-likeness (QED) is 0.711. The average molecular weight is 444 g/mol. The maximum absolute atomic E-state index is 13.8. The predicted molar refractivity (Wildman–Crippen MR) is 124 cm³/mol. The summed E-state index contributed by atoms with van der Waals surface area (Å²) in [5.41, 5.74) is 2.84. The van der Waals surface area contributed by atoms with E-state index in [1.165, 1.54) is 18.4 Å². The zero-order valence-corrected chi connectivity index (χ0v) is 18.9. The van der Waals surface area contributed by atoms with Gasteiger partial charge >= 0.3 is 0 Å². The summed E-state index contributed by atoms with van der Waals surface area (Å²) in [5, 5.41) is 23.3. The third kappa shape index (κ3) is 2.52. The summed E-state index contributed by atoms with van der Waals surface area (Å²) in [6.07, 6.45) is 5.38. The van der Waals surface area contributed by atoms with Crippen molar-refractivity contribution in [1.82, 2.24) is 4.90 Å². The van der Waals surface area contributed by atoms with Gasteiger partial charge in [-0.15, -0.1) is 0 Å². The Labute approximate surface area is 193 Å². The Morgan fingerprint density at radius 3 is 2.73 bits per heavy atom. The molecule has 3 fully saturated rings. The molecule has 0 aromatic heterocycles. The Kier molecular flexibility index (Phi) is 3.89. The molecule has 2 heterocycles. The summed E-state index contributed by atoms with van der Waals surface area (Å²) in [4.78, 5) is 16.3. The normalized spacial score (nSPS) is 35.5. The molecule has 5 aliphatic rings. The molecule has 0 radical (unpaired) electrons. The second-order valence-corrected chi connectivity index (χ2v) is 10.9. The van der Waals surface area contributed by atoms with E-state index in [9.17, 15) is 15.0 Å². The van der Waals surface area contributed by atoms with E-state index in [1.54, 1.807) is 6.07 Å². The van der Waals surface area contributed by atoms with Crippen LogP contribution in [0.1, 0.15) is 47.9 Å². The number of phenolic OH excluding ortho intramolecular Hbond substituents is 1. The highest BCUT2D eigenvalue weighted by atomic mass is 16.5. The topological polar surface area (TPSA) is 70.0 Å². The van der Waals surface area contributed by atoms with Crippen LogP contribution in [0.25, 0.3) is 6.08 Å². The Balaban J connectivity index is 1.40. The molecule has 2 saturated carbocycles. The van der Waals surface area contributed by atoms with E-state index in [4.69, 9.17) is 4.74 Å². The fourth-order valence-corrected chi connectivity index (χ4v) is 7.17. The molecule has 2 aliphatic heterocycles. The van der Waals surface area contributed by atoms with Gasteiger partial charge in [-0.1, -0.05) is 35.9 Å². The van der Waals surface area contributed by atoms with Gasteiger partial charge in [0.15, 0.2) is 23.4 Å². The Morgan fingerprint density at radius 1 is 1.18 bits per heavy atom. The van der Waals surface area contributed by atoms with Crippen molar-refractivity contribution in [2.24, 2.45) is 5.92 Å². The number of Topliss-reactive ketones (excluding diaryl/α,β-unsaturated/α-hetero) is 1. The minimum Gasteiger partial charge on any atom is -0.504 e. The lowest BCUT2D eigenvalue weighted by Gasteiger charge is -2.62. The van der Waals surface area contributed by atoms with Gasteiger partial charge < -0.3 is 14.9 Å². The number of aliphatic hydroxyl groups is 1. The van der Waals surface area contributed by atoms with Crippen LogP contribution in [-0.4, -0.2) is 51.7 Å². The smallest absolute Gasteiger partial charge is 0.200 e. The van der Waals surface area contributed by atoms with Gasteiger partial charge in [0.25, 0.3) is 0 Å². The van der Waals surface area contributed by atoms with Crippen molar-refractivity contribution in [3.05, 3.63) is 64.2 Å². The summed E-state index contributed by atoms with van der Waals surface area (Å²) in [7, 11) is 0. The number of carbonyl (C=O) groups is 1. The van der Waals surface area contributed by atoms with E-state index in [0.29, 0.717) is 24.2 Å². The first kappa shape index (κ1) is 19.8. The molecule has 5 heteroatoms. The maximum atomic E-state index is 13.8. The summed E-state index contributed by atoms with van der Waals surface area (Å²) < 4.78 is 6.28. The van der Waals surface area contributed by atoms with Crippen LogP contribution in [0.15, 0.2) is 42.0 Å².